The van der Waals surface area contributed by atoms with Crippen molar-refractivity contribution in [1.82, 2.24) is 4.98 Å². The summed E-state index contributed by atoms with van der Waals surface area (Å²) >= 11 is 0. The number of fused-ring (bicyclic) bond motifs is 1. The molecular formula is C13H13FN2. The average molecular weight is 216 g/mol. The minimum atomic E-state index is -1.25. The molecule has 0 saturated heterocycles. The number of halogens is 1. The van der Waals surface area contributed by atoms with Crippen LogP contribution in [0.1, 0.15) is 18.4 Å². The maximum absolute atomic E-state index is 14.5. The summed E-state index contributed by atoms with van der Waals surface area (Å²) in [5, 5.41) is 1.93. The van der Waals surface area contributed by atoms with E-state index in [0.29, 0.717) is 12.8 Å². The van der Waals surface area contributed by atoms with E-state index in [4.69, 9.17) is 5.73 Å². The number of benzene rings is 1. The Kier molecular flexibility index (Phi) is 1.98. The summed E-state index contributed by atoms with van der Waals surface area (Å²) in [4.78, 5) is 4.07. The first-order chi connectivity index (χ1) is 7.69. The van der Waals surface area contributed by atoms with Crippen LogP contribution in [-0.2, 0) is 5.67 Å². The molecule has 0 aliphatic heterocycles. The zero-order valence-electron chi connectivity index (χ0n) is 8.86. The maximum Gasteiger partial charge on any atom is 0.139 e. The van der Waals surface area contributed by atoms with Gasteiger partial charge in [-0.05, 0) is 17.0 Å². The van der Waals surface area contributed by atoms with Gasteiger partial charge in [-0.1, -0.05) is 18.2 Å². The Morgan fingerprint density at radius 3 is 2.88 bits per heavy atom. The van der Waals surface area contributed by atoms with Crippen LogP contribution in [0.2, 0.25) is 0 Å². The van der Waals surface area contributed by atoms with E-state index >= 15 is 0 Å². The molecule has 1 saturated carbocycles. The second kappa shape index (κ2) is 3.25. The van der Waals surface area contributed by atoms with Crippen LogP contribution >= 0.6 is 0 Å². The molecule has 1 fully saturated rings. The van der Waals surface area contributed by atoms with Crippen molar-refractivity contribution < 1.29 is 4.39 Å². The van der Waals surface area contributed by atoms with Gasteiger partial charge in [0, 0.05) is 36.7 Å². The normalized spacial score (nSPS) is 29.0. The molecule has 82 valence electrons. The Balaban J connectivity index is 2.17. The summed E-state index contributed by atoms with van der Waals surface area (Å²) in [6.45, 7) is 0. The number of nitrogens with zero attached hydrogens (tertiary/aromatic N) is 1. The number of aromatic nitrogens is 1. The molecule has 3 heteroatoms. The van der Waals surface area contributed by atoms with Crippen molar-refractivity contribution in [3.63, 3.8) is 0 Å². The fraction of sp³-hybridized carbons (Fsp3) is 0.308. The van der Waals surface area contributed by atoms with Crippen LogP contribution in [0.5, 0.6) is 0 Å². The molecule has 1 aromatic heterocycles. The Bertz CT molecular complexity index is 527. The van der Waals surface area contributed by atoms with Gasteiger partial charge in [-0.2, -0.15) is 0 Å². The first-order valence-electron chi connectivity index (χ1n) is 5.47. The van der Waals surface area contributed by atoms with Crippen LogP contribution in [0.4, 0.5) is 4.39 Å². The fourth-order valence-electron chi connectivity index (χ4n) is 2.50. The summed E-state index contributed by atoms with van der Waals surface area (Å²) in [5.74, 6) is 0. The monoisotopic (exact) mass is 216 g/mol. The van der Waals surface area contributed by atoms with Crippen molar-refractivity contribution in [2.24, 2.45) is 5.73 Å². The first kappa shape index (κ1) is 9.73. The van der Waals surface area contributed by atoms with Crippen LogP contribution in [0.3, 0.4) is 0 Å². The molecule has 1 aromatic carbocycles. The van der Waals surface area contributed by atoms with Gasteiger partial charge in [-0.25, -0.2) is 4.39 Å². The molecule has 0 atom stereocenters. The Morgan fingerprint density at radius 2 is 2.12 bits per heavy atom. The molecule has 2 N–H and O–H groups in total. The van der Waals surface area contributed by atoms with Gasteiger partial charge in [0.1, 0.15) is 5.67 Å². The summed E-state index contributed by atoms with van der Waals surface area (Å²) in [6.07, 6.45) is 4.29. The molecule has 1 aliphatic carbocycles. The van der Waals surface area contributed by atoms with E-state index in [0.717, 1.165) is 16.3 Å². The molecule has 0 amide bonds. The number of alkyl halides is 1. The van der Waals surface area contributed by atoms with E-state index in [1.54, 1.807) is 12.4 Å². The van der Waals surface area contributed by atoms with Crippen LogP contribution in [-0.4, -0.2) is 11.0 Å². The summed E-state index contributed by atoms with van der Waals surface area (Å²) in [6, 6.07) is 7.61. The van der Waals surface area contributed by atoms with Crippen molar-refractivity contribution >= 4 is 10.8 Å². The molecule has 2 nitrogen and oxygen atoms in total. The highest BCUT2D eigenvalue weighted by Gasteiger charge is 2.45. The van der Waals surface area contributed by atoms with Gasteiger partial charge in [0.15, 0.2) is 0 Å². The topological polar surface area (TPSA) is 38.9 Å². The Hall–Kier alpha value is -1.48. The SMILES string of the molecule is NC1CC(F)(c2cccc3ccncc23)C1. The lowest BCUT2D eigenvalue weighted by atomic mass is 9.72. The van der Waals surface area contributed by atoms with Gasteiger partial charge >= 0.3 is 0 Å². The van der Waals surface area contributed by atoms with Crippen molar-refractivity contribution in [2.75, 3.05) is 0 Å². The lowest BCUT2D eigenvalue weighted by Crippen LogP contribution is -2.46. The highest BCUT2D eigenvalue weighted by Crippen LogP contribution is 2.46. The van der Waals surface area contributed by atoms with Crippen LogP contribution in [0.15, 0.2) is 36.7 Å². The molecule has 16 heavy (non-hydrogen) atoms. The largest absolute Gasteiger partial charge is 0.327 e. The van der Waals surface area contributed by atoms with E-state index in [2.05, 4.69) is 4.98 Å². The molecule has 1 heterocycles. The average Bonchev–Trinajstić information content (AvgIpc) is 2.26. The lowest BCUT2D eigenvalue weighted by Gasteiger charge is -2.40. The maximum atomic E-state index is 14.5. The lowest BCUT2D eigenvalue weighted by molar-refractivity contribution is 0.0421. The smallest absolute Gasteiger partial charge is 0.139 e. The number of hydrogen-bond acceptors (Lipinski definition) is 2. The Labute approximate surface area is 93.3 Å². The van der Waals surface area contributed by atoms with Gasteiger partial charge in [0.05, 0.1) is 0 Å². The molecular weight excluding hydrogens is 203 g/mol. The van der Waals surface area contributed by atoms with Gasteiger partial charge < -0.3 is 5.73 Å². The second-order valence-electron chi connectivity index (χ2n) is 4.54. The van der Waals surface area contributed by atoms with E-state index in [-0.39, 0.29) is 6.04 Å². The van der Waals surface area contributed by atoms with Gasteiger partial charge in [0.2, 0.25) is 0 Å². The highest BCUT2D eigenvalue weighted by molar-refractivity contribution is 5.85. The minimum absolute atomic E-state index is 0.00284. The predicted octanol–water partition coefficient (Wildman–Crippen LogP) is 2.52. The van der Waals surface area contributed by atoms with Crippen LogP contribution in [0, 0.1) is 0 Å². The zero-order chi connectivity index (χ0) is 11.2. The zero-order valence-corrected chi connectivity index (χ0v) is 8.86. The third-order valence-corrected chi connectivity index (χ3v) is 3.34. The van der Waals surface area contributed by atoms with Crippen LogP contribution in [0.25, 0.3) is 10.8 Å². The van der Waals surface area contributed by atoms with Crippen LogP contribution < -0.4 is 5.73 Å². The molecule has 0 bridgehead atoms. The molecule has 1 aliphatic rings. The van der Waals surface area contributed by atoms with Gasteiger partial charge in [0.25, 0.3) is 0 Å². The predicted molar refractivity (Wildman–Crippen MR) is 61.7 cm³/mol. The molecule has 3 rings (SSSR count). The third kappa shape index (κ3) is 1.32. The van der Waals surface area contributed by atoms with Crippen molar-refractivity contribution in [3.8, 4) is 0 Å². The number of pyridine rings is 1. The molecule has 0 unspecified atom stereocenters. The molecule has 0 radical (unpaired) electrons. The Morgan fingerprint density at radius 1 is 1.31 bits per heavy atom. The number of nitrogens with two attached hydrogens (primary N) is 1. The molecule has 0 spiro atoms. The standard InChI is InChI=1S/C13H13FN2/c14-13(6-10(15)7-13)12-3-1-2-9-4-5-16-8-11(9)12/h1-5,8,10H,6-7,15H2. The fourth-order valence-corrected chi connectivity index (χ4v) is 2.50. The van der Waals surface area contributed by atoms with Gasteiger partial charge in [-0.15, -0.1) is 0 Å². The van der Waals surface area contributed by atoms with Gasteiger partial charge in [-0.3, -0.25) is 4.98 Å². The summed E-state index contributed by atoms with van der Waals surface area (Å²) in [7, 11) is 0. The number of rotatable bonds is 1. The van der Waals surface area contributed by atoms with Crippen molar-refractivity contribution in [2.45, 2.75) is 24.6 Å². The van der Waals surface area contributed by atoms with Crippen molar-refractivity contribution in [3.05, 3.63) is 42.2 Å². The summed E-state index contributed by atoms with van der Waals surface area (Å²) < 4.78 is 14.5. The minimum Gasteiger partial charge on any atom is -0.327 e. The summed E-state index contributed by atoms with van der Waals surface area (Å²) in [5.41, 5.74) is 5.17. The van der Waals surface area contributed by atoms with Crippen molar-refractivity contribution in [1.29, 1.82) is 0 Å². The third-order valence-electron chi connectivity index (χ3n) is 3.34. The molecule has 2 aromatic rings. The number of hydrogen-bond donors (Lipinski definition) is 1. The van der Waals surface area contributed by atoms with E-state index in [9.17, 15) is 4.39 Å². The van der Waals surface area contributed by atoms with E-state index in [1.165, 1.54) is 0 Å². The van der Waals surface area contributed by atoms with E-state index in [1.807, 2.05) is 24.3 Å². The quantitative estimate of drug-likeness (QED) is 0.795. The highest BCUT2D eigenvalue weighted by atomic mass is 19.1. The second-order valence-corrected chi connectivity index (χ2v) is 4.54. The van der Waals surface area contributed by atoms with E-state index < -0.39 is 5.67 Å². The first-order valence-corrected chi connectivity index (χ1v) is 5.47.